The molecular weight excluding hydrogens is 192 g/mol. The van der Waals surface area contributed by atoms with Crippen LogP contribution >= 0.6 is 0 Å². The predicted octanol–water partition coefficient (Wildman–Crippen LogP) is 1.11. The molecule has 0 aliphatic rings. The minimum atomic E-state index is -0.475. The Morgan fingerprint density at radius 3 is 2.40 bits per heavy atom. The van der Waals surface area contributed by atoms with Crippen LogP contribution in [0.15, 0.2) is 4.52 Å². The molecule has 0 fully saturated rings. The summed E-state index contributed by atoms with van der Waals surface area (Å²) in [6.07, 6.45) is 1.60. The first-order valence-corrected chi connectivity index (χ1v) is 5.28. The molecular formula is C10H20N4O. The third kappa shape index (κ3) is 2.76. The summed E-state index contributed by atoms with van der Waals surface area (Å²) in [4.78, 5) is 6.31. The van der Waals surface area contributed by atoms with Gasteiger partial charge < -0.3 is 15.2 Å². The molecule has 0 spiro atoms. The maximum atomic E-state index is 6.15. The molecule has 0 amide bonds. The fraction of sp³-hybridized carbons (Fsp3) is 0.800. The predicted molar refractivity (Wildman–Crippen MR) is 58.1 cm³/mol. The lowest BCUT2D eigenvalue weighted by molar-refractivity contribution is 0.265. The molecule has 0 radical (unpaired) electrons. The maximum Gasteiger partial charge on any atom is 0.246 e. The van der Waals surface area contributed by atoms with E-state index in [0.29, 0.717) is 18.3 Å². The van der Waals surface area contributed by atoms with Gasteiger partial charge in [0, 0.05) is 0 Å². The standard InChI is InChI=1S/C10H20N4O/c1-5-10(11,6-2)9-12-8(13-15-9)7-14(3)4/h5-7,11H2,1-4H3. The van der Waals surface area contributed by atoms with Crippen LogP contribution in [0.4, 0.5) is 0 Å². The van der Waals surface area contributed by atoms with Crippen molar-refractivity contribution >= 4 is 0 Å². The van der Waals surface area contributed by atoms with E-state index in [0.717, 1.165) is 12.8 Å². The van der Waals surface area contributed by atoms with Gasteiger partial charge in [0.2, 0.25) is 5.89 Å². The minimum Gasteiger partial charge on any atom is -0.337 e. The zero-order valence-electron chi connectivity index (χ0n) is 9.95. The van der Waals surface area contributed by atoms with Gasteiger partial charge >= 0.3 is 0 Å². The van der Waals surface area contributed by atoms with E-state index in [-0.39, 0.29) is 0 Å². The second kappa shape index (κ2) is 4.72. The van der Waals surface area contributed by atoms with Crippen molar-refractivity contribution in [2.24, 2.45) is 5.73 Å². The largest absolute Gasteiger partial charge is 0.337 e. The van der Waals surface area contributed by atoms with Crippen molar-refractivity contribution in [2.45, 2.75) is 38.8 Å². The summed E-state index contributed by atoms with van der Waals surface area (Å²) < 4.78 is 5.20. The summed E-state index contributed by atoms with van der Waals surface area (Å²) in [7, 11) is 3.93. The quantitative estimate of drug-likeness (QED) is 0.791. The third-order valence-corrected chi connectivity index (χ3v) is 2.61. The molecule has 1 aromatic heterocycles. The fourth-order valence-electron chi connectivity index (χ4n) is 1.36. The highest BCUT2D eigenvalue weighted by molar-refractivity contribution is 5.01. The van der Waals surface area contributed by atoms with Gasteiger partial charge in [-0.25, -0.2) is 0 Å². The van der Waals surface area contributed by atoms with Crippen LogP contribution in [0.25, 0.3) is 0 Å². The zero-order valence-corrected chi connectivity index (χ0v) is 9.95. The molecule has 0 atom stereocenters. The molecule has 0 aliphatic carbocycles. The lowest BCUT2D eigenvalue weighted by atomic mass is 9.94. The van der Waals surface area contributed by atoms with E-state index >= 15 is 0 Å². The van der Waals surface area contributed by atoms with Gasteiger partial charge in [-0.2, -0.15) is 4.98 Å². The van der Waals surface area contributed by atoms with E-state index in [4.69, 9.17) is 10.3 Å². The van der Waals surface area contributed by atoms with Gasteiger partial charge in [0.1, 0.15) is 0 Å². The van der Waals surface area contributed by atoms with Gasteiger partial charge in [-0.3, -0.25) is 0 Å². The van der Waals surface area contributed by atoms with Crippen molar-refractivity contribution in [3.63, 3.8) is 0 Å². The SMILES string of the molecule is CCC(N)(CC)c1nc(CN(C)C)no1. The van der Waals surface area contributed by atoms with Gasteiger partial charge in [0.05, 0.1) is 12.1 Å². The Labute approximate surface area is 90.6 Å². The second-order valence-electron chi connectivity index (χ2n) is 4.12. The number of hydrogen-bond acceptors (Lipinski definition) is 5. The van der Waals surface area contributed by atoms with E-state index in [1.54, 1.807) is 0 Å². The normalized spacial score (nSPS) is 12.4. The smallest absolute Gasteiger partial charge is 0.246 e. The fourth-order valence-corrected chi connectivity index (χ4v) is 1.36. The van der Waals surface area contributed by atoms with Crippen molar-refractivity contribution in [2.75, 3.05) is 14.1 Å². The Balaban J connectivity index is 2.83. The highest BCUT2D eigenvalue weighted by atomic mass is 16.5. The van der Waals surface area contributed by atoms with Crippen molar-refractivity contribution in [3.05, 3.63) is 11.7 Å². The van der Waals surface area contributed by atoms with Crippen LogP contribution in [0.3, 0.4) is 0 Å². The van der Waals surface area contributed by atoms with Crippen LogP contribution in [-0.4, -0.2) is 29.1 Å². The van der Waals surface area contributed by atoms with Crippen molar-refractivity contribution in [1.82, 2.24) is 15.0 Å². The summed E-state index contributed by atoms with van der Waals surface area (Å²) in [5.74, 6) is 1.23. The molecule has 15 heavy (non-hydrogen) atoms. The minimum absolute atomic E-state index is 0.475. The molecule has 0 saturated carbocycles. The average Bonchev–Trinajstić information content (AvgIpc) is 2.64. The maximum absolute atomic E-state index is 6.15. The number of nitrogens with two attached hydrogens (primary N) is 1. The van der Waals surface area contributed by atoms with Gasteiger partial charge in [0.25, 0.3) is 0 Å². The molecule has 0 aromatic carbocycles. The Bertz CT molecular complexity index is 304. The van der Waals surface area contributed by atoms with Crippen LogP contribution in [0.5, 0.6) is 0 Å². The number of rotatable bonds is 5. The summed E-state index contributed by atoms with van der Waals surface area (Å²) in [6.45, 7) is 4.73. The third-order valence-electron chi connectivity index (χ3n) is 2.61. The molecule has 0 saturated heterocycles. The highest BCUT2D eigenvalue weighted by Crippen LogP contribution is 2.23. The Kier molecular flexibility index (Phi) is 3.82. The first kappa shape index (κ1) is 12.1. The van der Waals surface area contributed by atoms with Crippen molar-refractivity contribution in [3.8, 4) is 0 Å². The molecule has 0 unspecified atom stereocenters. The lowest BCUT2D eigenvalue weighted by Crippen LogP contribution is -2.35. The van der Waals surface area contributed by atoms with Gasteiger partial charge in [-0.1, -0.05) is 19.0 Å². The summed E-state index contributed by atoms with van der Waals surface area (Å²) in [5.41, 5.74) is 5.68. The van der Waals surface area contributed by atoms with Gasteiger partial charge in [0.15, 0.2) is 5.82 Å². The Morgan fingerprint density at radius 2 is 1.93 bits per heavy atom. The highest BCUT2D eigenvalue weighted by Gasteiger charge is 2.29. The number of aromatic nitrogens is 2. The lowest BCUT2D eigenvalue weighted by Gasteiger charge is -2.20. The molecule has 0 bridgehead atoms. The molecule has 0 aliphatic heterocycles. The van der Waals surface area contributed by atoms with Crippen molar-refractivity contribution in [1.29, 1.82) is 0 Å². The van der Waals surface area contributed by atoms with E-state index in [1.807, 2.05) is 32.8 Å². The van der Waals surface area contributed by atoms with E-state index < -0.39 is 5.54 Å². The molecule has 5 nitrogen and oxygen atoms in total. The molecule has 1 rings (SSSR count). The summed E-state index contributed by atoms with van der Waals surface area (Å²) in [6, 6.07) is 0. The summed E-state index contributed by atoms with van der Waals surface area (Å²) in [5, 5.41) is 3.91. The van der Waals surface area contributed by atoms with Crippen LogP contribution in [0.2, 0.25) is 0 Å². The van der Waals surface area contributed by atoms with Gasteiger partial charge in [-0.15, -0.1) is 0 Å². The van der Waals surface area contributed by atoms with E-state index in [1.165, 1.54) is 0 Å². The number of nitrogens with zero attached hydrogens (tertiary/aromatic N) is 3. The number of hydrogen-bond donors (Lipinski definition) is 1. The molecule has 86 valence electrons. The van der Waals surface area contributed by atoms with Crippen LogP contribution in [0.1, 0.15) is 38.4 Å². The van der Waals surface area contributed by atoms with Crippen molar-refractivity contribution < 1.29 is 4.52 Å². The van der Waals surface area contributed by atoms with Gasteiger partial charge in [-0.05, 0) is 26.9 Å². The zero-order chi connectivity index (χ0) is 11.5. The average molecular weight is 212 g/mol. The second-order valence-corrected chi connectivity index (χ2v) is 4.12. The van der Waals surface area contributed by atoms with E-state index in [9.17, 15) is 0 Å². The van der Waals surface area contributed by atoms with E-state index in [2.05, 4.69) is 10.1 Å². The Hall–Kier alpha value is -0.940. The summed E-state index contributed by atoms with van der Waals surface area (Å²) >= 11 is 0. The van der Waals surface area contributed by atoms with Crippen LogP contribution < -0.4 is 5.73 Å². The molecule has 1 heterocycles. The molecule has 2 N–H and O–H groups in total. The van der Waals surface area contributed by atoms with Crippen LogP contribution in [-0.2, 0) is 12.1 Å². The van der Waals surface area contributed by atoms with Crippen LogP contribution in [0, 0.1) is 0 Å². The molecule has 5 heteroatoms. The molecule has 1 aromatic rings. The topological polar surface area (TPSA) is 68.2 Å². The monoisotopic (exact) mass is 212 g/mol. The first-order chi connectivity index (χ1) is 7.01. The Morgan fingerprint density at radius 1 is 1.33 bits per heavy atom. The first-order valence-electron chi connectivity index (χ1n) is 5.28.